The summed E-state index contributed by atoms with van der Waals surface area (Å²) in [6, 6.07) is 8.95. The van der Waals surface area contributed by atoms with Crippen LogP contribution in [0.3, 0.4) is 0 Å². The van der Waals surface area contributed by atoms with Crippen LogP contribution in [0.5, 0.6) is 0 Å². The number of carbonyl (C=O) groups is 1. The monoisotopic (exact) mass is 256 g/mol. The van der Waals surface area contributed by atoms with Crippen molar-refractivity contribution in [2.75, 3.05) is 19.6 Å². The third-order valence-corrected chi connectivity index (χ3v) is 3.56. The van der Waals surface area contributed by atoms with Gasteiger partial charge < -0.3 is 5.32 Å². The molecular weight excluding hydrogens is 236 g/mol. The third-order valence-electron chi connectivity index (χ3n) is 3.56. The van der Waals surface area contributed by atoms with E-state index in [0.29, 0.717) is 19.1 Å². The number of hydrogen-bond acceptors (Lipinski definition) is 2. The second kappa shape index (κ2) is 6.40. The number of nitrogens with zero attached hydrogens (tertiary/aromatic N) is 1. The first-order valence-corrected chi connectivity index (χ1v) is 6.71. The van der Waals surface area contributed by atoms with E-state index in [1.54, 1.807) is 0 Å². The number of hydrogen-bond donors (Lipinski definition) is 1. The summed E-state index contributed by atoms with van der Waals surface area (Å²) >= 11 is 0. The van der Waals surface area contributed by atoms with Crippen LogP contribution in [0.25, 0.3) is 0 Å². The number of aryl methyl sites for hydroxylation is 1. The number of rotatable bonds is 4. The zero-order valence-electron chi connectivity index (χ0n) is 11.4. The van der Waals surface area contributed by atoms with Crippen LogP contribution in [0.15, 0.2) is 24.3 Å². The smallest absolute Gasteiger partial charge is 0.234 e. The van der Waals surface area contributed by atoms with Crippen LogP contribution in [0.1, 0.15) is 30.0 Å². The summed E-state index contributed by atoms with van der Waals surface area (Å²) in [5.74, 6) is 2.43. The van der Waals surface area contributed by atoms with Crippen LogP contribution in [0.2, 0.25) is 0 Å². The first-order chi connectivity index (χ1) is 9.20. The van der Waals surface area contributed by atoms with Gasteiger partial charge in [0.05, 0.1) is 13.1 Å². The Morgan fingerprint density at radius 2 is 2.21 bits per heavy atom. The molecule has 100 valence electrons. The standard InChI is InChI=1S/C16H20N2O/c1-3-10-17-16(19)12-18-11-4-5-15(18)14-8-6-13(2)7-9-14/h1,6-9,15H,4-5,10-12H2,2H3,(H,17,19)/t15-/m0/s1. The molecular formula is C16H20N2O. The molecule has 3 heteroatoms. The maximum absolute atomic E-state index is 11.7. The van der Waals surface area contributed by atoms with Crippen LogP contribution < -0.4 is 5.32 Å². The van der Waals surface area contributed by atoms with Crippen molar-refractivity contribution in [3.8, 4) is 12.3 Å². The molecule has 1 atom stereocenters. The van der Waals surface area contributed by atoms with E-state index in [9.17, 15) is 4.79 Å². The van der Waals surface area contributed by atoms with Crippen molar-refractivity contribution in [2.24, 2.45) is 0 Å². The second-order valence-corrected chi connectivity index (χ2v) is 5.02. The average molecular weight is 256 g/mol. The molecule has 1 aromatic rings. The zero-order chi connectivity index (χ0) is 13.7. The molecule has 1 heterocycles. The molecule has 3 nitrogen and oxygen atoms in total. The number of likely N-dealkylation sites (tertiary alicyclic amines) is 1. The molecule has 2 rings (SSSR count). The Morgan fingerprint density at radius 3 is 2.89 bits per heavy atom. The van der Waals surface area contributed by atoms with Gasteiger partial charge >= 0.3 is 0 Å². The molecule has 0 bridgehead atoms. The Hall–Kier alpha value is -1.79. The molecule has 0 aromatic heterocycles. The molecule has 1 aliphatic rings. The average Bonchev–Trinajstić information content (AvgIpc) is 2.85. The van der Waals surface area contributed by atoms with Gasteiger partial charge in [-0.2, -0.15) is 0 Å². The molecule has 0 unspecified atom stereocenters. The van der Waals surface area contributed by atoms with Gasteiger partial charge in [0.1, 0.15) is 0 Å². The van der Waals surface area contributed by atoms with E-state index >= 15 is 0 Å². The molecule has 1 fully saturated rings. The van der Waals surface area contributed by atoms with Crippen molar-refractivity contribution >= 4 is 5.91 Å². The van der Waals surface area contributed by atoms with Gasteiger partial charge in [0.2, 0.25) is 5.91 Å². The molecule has 0 saturated carbocycles. The van der Waals surface area contributed by atoms with Gasteiger partial charge in [-0.1, -0.05) is 35.7 Å². The van der Waals surface area contributed by atoms with E-state index < -0.39 is 0 Å². The maximum Gasteiger partial charge on any atom is 0.234 e. The van der Waals surface area contributed by atoms with E-state index in [0.717, 1.165) is 19.4 Å². The van der Waals surface area contributed by atoms with Crippen molar-refractivity contribution in [1.82, 2.24) is 10.2 Å². The van der Waals surface area contributed by atoms with Crippen LogP contribution in [0.4, 0.5) is 0 Å². The minimum Gasteiger partial charge on any atom is -0.344 e. The minimum atomic E-state index is 0.0111. The van der Waals surface area contributed by atoms with Gasteiger partial charge in [0.15, 0.2) is 0 Å². The predicted octanol–water partition coefficient (Wildman–Crippen LogP) is 1.88. The Balaban J connectivity index is 1.99. The lowest BCUT2D eigenvalue weighted by Crippen LogP contribution is -2.37. The number of terminal acetylenes is 1. The zero-order valence-corrected chi connectivity index (χ0v) is 11.4. The van der Waals surface area contributed by atoms with Crippen molar-refractivity contribution in [2.45, 2.75) is 25.8 Å². The summed E-state index contributed by atoms with van der Waals surface area (Å²) in [5.41, 5.74) is 2.56. The van der Waals surface area contributed by atoms with Crippen molar-refractivity contribution in [1.29, 1.82) is 0 Å². The third kappa shape index (κ3) is 3.59. The van der Waals surface area contributed by atoms with Gasteiger partial charge in [-0.05, 0) is 31.9 Å². The minimum absolute atomic E-state index is 0.0111. The van der Waals surface area contributed by atoms with Crippen LogP contribution in [0, 0.1) is 19.3 Å². The molecule has 0 aliphatic carbocycles. The molecule has 19 heavy (non-hydrogen) atoms. The van der Waals surface area contributed by atoms with E-state index in [1.165, 1.54) is 11.1 Å². The van der Waals surface area contributed by atoms with E-state index in [1.807, 2.05) is 0 Å². The van der Waals surface area contributed by atoms with Crippen LogP contribution >= 0.6 is 0 Å². The van der Waals surface area contributed by atoms with Crippen molar-refractivity contribution < 1.29 is 4.79 Å². The normalized spacial score (nSPS) is 19.1. The lowest BCUT2D eigenvalue weighted by atomic mass is 10.0. The Labute approximate surface area is 115 Å². The number of amides is 1. The first kappa shape index (κ1) is 13.6. The van der Waals surface area contributed by atoms with Gasteiger partial charge in [-0.15, -0.1) is 6.42 Å². The second-order valence-electron chi connectivity index (χ2n) is 5.02. The summed E-state index contributed by atoms with van der Waals surface area (Å²) in [4.78, 5) is 14.0. The Bertz CT molecular complexity index is 473. The molecule has 1 N–H and O–H groups in total. The molecule has 1 aromatic carbocycles. The molecule has 1 amide bonds. The van der Waals surface area contributed by atoms with Crippen molar-refractivity contribution in [3.05, 3.63) is 35.4 Å². The highest BCUT2D eigenvalue weighted by atomic mass is 16.2. The summed E-state index contributed by atoms with van der Waals surface area (Å²) < 4.78 is 0. The van der Waals surface area contributed by atoms with Gasteiger partial charge in [0.25, 0.3) is 0 Å². The van der Waals surface area contributed by atoms with E-state index in [2.05, 4.69) is 47.3 Å². The fourth-order valence-corrected chi connectivity index (χ4v) is 2.57. The topological polar surface area (TPSA) is 32.3 Å². The van der Waals surface area contributed by atoms with Gasteiger partial charge in [0, 0.05) is 6.04 Å². The predicted molar refractivity (Wildman–Crippen MR) is 76.6 cm³/mol. The van der Waals surface area contributed by atoms with E-state index in [-0.39, 0.29) is 5.91 Å². The first-order valence-electron chi connectivity index (χ1n) is 6.71. The SMILES string of the molecule is C#CCNC(=O)CN1CCC[C@H]1c1ccc(C)cc1. The molecule has 1 aliphatic heterocycles. The van der Waals surface area contributed by atoms with Crippen LogP contribution in [-0.2, 0) is 4.79 Å². The molecule has 0 radical (unpaired) electrons. The lowest BCUT2D eigenvalue weighted by Gasteiger charge is -2.24. The largest absolute Gasteiger partial charge is 0.344 e. The van der Waals surface area contributed by atoms with E-state index in [4.69, 9.17) is 6.42 Å². The quantitative estimate of drug-likeness (QED) is 0.834. The Kier molecular flexibility index (Phi) is 4.59. The summed E-state index contributed by atoms with van der Waals surface area (Å²) in [5, 5.41) is 2.72. The molecule has 1 saturated heterocycles. The van der Waals surface area contributed by atoms with Gasteiger partial charge in [-0.3, -0.25) is 9.69 Å². The highest BCUT2D eigenvalue weighted by Gasteiger charge is 2.27. The number of nitrogens with one attached hydrogen (secondary N) is 1. The Morgan fingerprint density at radius 1 is 1.47 bits per heavy atom. The molecule has 0 spiro atoms. The number of carbonyl (C=O) groups excluding carboxylic acids is 1. The van der Waals surface area contributed by atoms with Gasteiger partial charge in [-0.25, -0.2) is 0 Å². The van der Waals surface area contributed by atoms with Crippen molar-refractivity contribution in [3.63, 3.8) is 0 Å². The fraction of sp³-hybridized carbons (Fsp3) is 0.438. The number of benzene rings is 1. The summed E-state index contributed by atoms with van der Waals surface area (Å²) in [7, 11) is 0. The highest BCUT2D eigenvalue weighted by molar-refractivity contribution is 5.78. The van der Waals surface area contributed by atoms with Crippen LogP contribution in [-0.4, -0.2) is 30.4 Å². The highest BCUT2D eigenvalue weighted by Crippen LogP contribution is 2.31. The fourth-order valence-electron chi connectivity index (χ4n) is 2.57. The summed E-state index contributed by atoms with van der Waals surface area (Å²) in [6.07, 6.45) is 7.40. The maximum atomic E-state index is 11.7. The summed E-state index contributed by atoms with van der Waals surface area (Å²) in [6.45, 7) is 3.80. The lowest BCUT2D eigenvalue weighted by molar-refractivity contribution is -0.122.